The van der Waals surface area contributed by atoms with Crippen molar-refractivity contribution in [3.05, 3.63) is 16.1 Å². The summed E-state index contributed by atoms with van der Waals surface area (Å²) >= 11 is 1.70. The van der Waals surface area contributed by atoms with Gasteiger partial charge in [-0.3, -0.25) is 9.69 Å². The first kappa shape index (κ1) is 22.6. The number of likely N-dealkylation sites (N-methyl/N-ethyl adjacent to an activating group) is 1. The van der Waals surface area contributed by atoms with Crippen LogP contribution in [-0.2, 0) is 11.3 Å². The van der Waals surface area contributed by atoms with Gasteiger partial charge in [0.15, 0.2) is 0 Å². The van der Waals surface area contributed by atoms with E-state index in [9.17, 15) is 4.79 Å². The highest BCUT2D eigenvalue weighted by Gasteiger charge is 2.28. The first-order chi connectivity index (χ1) is 10.0. The zero-order chi connectivity index (χ0) is 15.4. The van der Waals surface area contributed by atoms with E-state index in [2.05, 4.69) is 15.3 Å². The number of nitrogens with two attached hydrogens (primary N) is 1. The number of thiazole rings is 1. The van der Waals surface area contributed by atoms with Gasteiger partial charge >= 0.3 is 0 Å². The topological polar surface area (TPSA) is 62.5 Å². The third-order valence-corrected chi connectivity index (χ3v) is 5.16. The van der Waals surface area contributed by atoms with E-state index in [1.54, 1.807) is 11.3 Å². The molecule has 1 aliphatic heterocycles. The lowest BCUT2D eigenvalue weighted by atomic mass is 9.95. The molecule has 0 radical (unpaired) electrons. The first-order valence-corrected chi connectivity index (χ1v) is 8.49. The molecule has 5 nitrogen and oxygen atoms in total. The van der Waals surface area contributed by atoms with E-state index in [4.69, 9.17) is 5.73 Å². The molecule has 1 amide bonds. The Morgan fingerprint density at radius 1 is 1.48 bits per heavy atom. The number of carbonyl (C=O) groups excluding carboxylic acids is 1. The maximum atomic E-state index is 12.4. The van der Waals surface area contributed by atoms with E-state index in [0.29, 0.717) is 6.54 Å². The Morgan fingerprint density at radius 3 is 2.57 bits per heavy atom. The van der Waals surface area contributed by atoms with E-state index in [-0.39, 0.29) is 42.7 Å². The van der Waals surface area contributed by atoms with Crippen LogP contribution in [0, 0.1) is 12.8 Å². The van der Waals surface area contributed by atoms with Crippen LogP contribution in [0.4, 0.5) is 0 Å². The number of amides is 1. The molecule has 2 heterocycles. The molecule has 1 atom stereocenters. The van der Waals surface area contributed by atoms with Gasteiger partial charge in [-0.1, -0.05) is 0 Å². The maximum absolute atomic E-state index is 12.4. The fourth-order valence-corrected chi connectivity index (χ4v) is 3.32. The van der Waals surface area contributed by atoms with Crippen LogP contribution in [0.25, 0.3) is 0 Å². The average molecular weight is 383 g/mol. The molecule has 23 heavy (non-hydrogen) atoms. The minimum atomic E-state index is 0. The summed E-state index contributed by atoms with van der Waals surface area (Å²) in [5.41, 5.74) is 6.79. The van der Waals surface area contributed by atoms with Crippen LogP contribution >= 0.6 is 36.2 Å². The van der Waals surface area contributed by atoms with Crippen molar-refractivity contribution in [3.63, 3.8) is 0 Å². The molecular formula is C15H28Cl2N4OS. The first-order valence-electron chi connectivity index (χ1n) is 7.61. The Bertz CT molecular complexity index is 478. The molecule has 8 heteroatoms. The van der Waals surface area contributed by atoms with Gasteiger partial charge in [0, 0.05) is 37.5 Å². The highest BCUT2D eigenvalue weighted by Crippen LogP contribution is 2.22. The molecule has 2 N–H and O–H groups in total. The summed E-state index contributed by atoms with van der Waals surface area (Å²) < 4.78 is 0. The Kier molecular flexibility index (Phi) is 10.3. The minimum Gasteiger partial charge on any atom is -0.342 e. The van der Waals surface area contributed by atoms with Gasteiger partial charge in [0.2, 0.25) is 5.91 Å². The second-order valence-electron chi connectivity index (χ2n) is 5.94. The van der Waals surface area contributed by atoms with Gasteiger partial charge in [-0.15, -0.1) is 36.2 Å². The number of likely N-dealkylation sites (tertiary alicyclic amines) is 1. The molecular weight excluding hydrogens is 355 g/mol. The predicted molar refractivity (Wildman–Crippen MR) is 101 cm³/mol. The van der Waals surface area contributed by atoms with Gasteiger partial charge in [0.25, 0.3) is 0 Å². The number of hydrogen-bond donors (Lipinski definition) is 1. The smallest absolute Gasteiger partial charge is 0.225 e. The van der Waals surface area contributed by atoms with Crippen LogP contribution in [-0.4, -0.2) is 53.4 Å². The van der Waals surface area contributed by atoms with Crippen LogP contribution in [0.15, 0.2) is 5.38 Å². The highest BCUT2D eigenvalue weighted by molar-refractivity contribution is 7.09. The standard InChI is InChI=1S/C15H26N4OS.2ClH/c1-11(8-16)18(3)15(20)13-4-6-19(7-5-13)9-14-10-21-12(2)17-14;;/h10-11,13H,4-9,16H2,1-3H3;2*1H. The average Bonchev–Trinajstić information content (AvgIpc) is 2.90. The van der Waals surface area contributed by atoms with Crippen molar-refractivity contribution in [2.24, 2.45) is 11.7 Å². The van der Waals surface area contributed by atoms with Crippen molar-refractivity contribution < 1.29 is 4.79 Å². The molecule has 0 aliphatic carbocycles. The van der Waals surface area contributed by atoms with Gasteiger partial charge in [-0.25, -0.2) is 4.98 Å². The Morgan fingerprint density at radius 2 is 2.09 bits per heavy atom. The summed E-state index contributed by atoms with van der Waals surface area (Å²) in [6.07, 6.45) is 1.87. The summed E-state index contributed by atoms with van der Waals surface area (Å²) in [6.45, 7) is 7.39. The number of piperidine rings is 1. The number of carbonyl (C=O) groups is 1. The highest BCUT2D eigenvalue weighted by atomic mass is 35.5. The summed E-state index contributed by atoms with van der Waals surface area (Å²) in [6, 6.07) is 0.119. The number of nitrogens with zero attached hydrogens (tertiary/aromatic N) is 3. The molecule has 1 unspecified atom stereocenters. The van der Waals surface area contributed by atoms with Crippen molar-refractivity contribution in [1.82, 2.24) is 14.8 Å². The summed E-state index contributed by atoms with van der Waals surface area (Å²) in [5.74, 6) is 0.398. The van der Waals surface area contributed by atoms with Crippen molar-refractivity contribution in [1.29, 1.82) is 0 Å². The summed E-state index contributed by atoms with van der Waals surface area (Å²) in [5, 5.41) is 3.25. The largest absolute Gasteiger partial charge is 0.342 e. The molecule has 1 aromatic heterocycles. The number of halogens is 2. The number of aromatic nitrogens is 1. The zero-order valence-corrected chi connectivity index (χ0v) is 16.5. The summed E-state index contributed by atoms with van der Waals surface area (Å²) in [4.78, 5) is 21.1. The molecule has 0 bridgehead atoms. The van der Waals surface area contributed by atoms with Crippen molar-refractivity contribution in [2.45, 2.75) is 39.3 Å². The molecule has 134 valence electrons. The van der Waals surface area contributed by atoms with Gasteiger partial charge in [0.05, 0.1) is 10.7 Å². The van der Waals surface area contributed by atoms with Crippen LogP contribution in [0.1, 0.15) is 30.5 Å². The Labute approximate surface area is 155 Å². The van der Waals surface area contributed by atoms with Gasteiger partial charge in [0.1, 0.15) is 0 Å². The molecule has 0 aromatic carbocycles. The predicted octanol–water partition coefficient (Wildman–Crippen LogP) is 2.31. The number of aryl methyl sites for hydroxylation is 1. The Balaban J connectivity index is 0.00000242. The SMILES string of the molecule is Cc1nc(CN2CCC(C(=O)N(C)C(C)CN)CC2)cs1.Cl.Cl. The quantitative estimate of drug-likeness (QED) is 0.848. The second kappa shape index (κ2) is 10.5. The second-order valence-corrected chi connectivity index (χ2v) is 7.00. The van der Waals surface area contributed by atoms with E-state index in [0.717, 1.165) is 43.2 Å². The number of hydrogen-bond acceptors (Lipinski definition) is 5. The molecule has 0 saturated carbocycles. The molecule has 0 spiro atoms. The normalized spacial score (nSPS) is 17.0. The minimum absolute atomic E-state index is 0. The maximum Gasteiger partial charge on any atom is 0.225 e. The molecule has 1 aliphatic rings. The van der Waals surface area contributed by atoms with E-state index in [1.165, 1.54) is 0 Å². The molecule has 1 saturated heterocycles. The van der Waals surface area contributed by atoms with Gasteiger partial charge in [-0.2, -0.15) is 0 Å². The van der Waals surface area contributed by atoms with E-state index in [1.807, 2.05) is 25.8 Å². The lowest BCUT2D eigenvalue weighted by Crippen LogP contribution is -2.46. The van der Waals surface area contributed by atoms with E-state index >= 15 is 0 Å². The molecule has 2 rings (SSSR count). The van der Waals surface area contributed by atoms with Crippen LogP contribution in [0.2, 0.25) is 0 Å². The lowest BCUT2D eigenvalue weighted by molar-refractivity contribution is -0.137. The third kappa shape index (κ3) is 6.19. The summed E-state index contributed by atoms with van der Waals surface area (Å²) in [7, 11) is 1.87. The van der Waals surface area contributed by atoms with Crippen molar-refractivity contribution in [2.75, 3.05) is 26.7 Å². The van der Waals surface area contributed by atoms with Crippen molar-refractivity contribution in [3.8, 4) is 0 Å². The van der Waals surface area contributed by atoms with Gasteiger partial charge in [-0.05, 0) is 39.8 Å². The van der Waals surface area contributed by atoms with E-state index < -0.39 is 0 Å². The monoisotopic (exact) mass is 382 g/mol. The van der Waals surface area contributed by atoms with Crippen molar-refractivity contribution >= 4 is 42.1 Å². The zero-order valence-electron chi connectivity index (χ0n) is 14.0. The molecule has 1 aromatic rings. The van der Waals surface area contributed by atoms with Gasteiger partial charge < -0.3 is 10.6 Å². The third-order valence-electron chi connectivity index (χ3n) is 4.34. The van der Waals surface area contributed by atoms with Crippen LogP contribution < -0.4 is 5.73 Å². The lowest BCUT2D eigenvalue weighted by Gasteiger charge is -2.34. The van der Waals surface area contributed by atoms with Crippen LogP contribution in [0.3, 0.4) is 0 Å². The fourth-order valence-electron chi connectivity index (χ4n) is 2.71. The Hall–Kier alpha value is -0.400. The number of rotatable bonds is 5. The van der Waals surface area contributed by atoms with Crippen LogP contribution in [0.5, 0.6) is 0 Å². The fraction of sp³-hybridized carbons (Fsp3) is 0.733. The molecule has 1 fully saturated rings.